The minimum absolute atomic E-state index is 0.154. The van der Waals surface area contributed by atoms with Gasteiger partial charge in [-0.3, -0.25) is 0 Å². The van der Waals surface area contributed by atoms with Gasteiger partial charge in [0.1, 0.15) is 0 Å². The quantitative estimate of drug-likeness (QED) is 0.723. The highest BCUT2D eigenvalue weighted by Gasteiger charge is 2.14. The Hall–Kier alpha value is -1.27. The van der Waals surface area contributed by atoms with E-state index in [-0.39, 0.29) is 6.61 Å². The number of halogens is 1. The van der Waals surface area contributed by atoms with Gasteiger partial charge in [-0.25, -0.2) is 4.79 Å². The second-order valence-corrected chi connectivity index (χ2v) is 5.59. The summed E-state index contributed by atoms with van der Waals surface area (Å²) < 4.78 is 16.4. The van der Waals surface area contributed by atoms with Gasteiger partial charge in [-0.2, -0.15) is 0 Å². The molecule has 0 aliphatic carbocycles. The highest BCUT2D eigenvalue weighted by Crippen LogP contribution is 2.37. The lowest BCUT2D eigenvalue weighted by Gasteiger charge is -2.16. The number of nitrogens with one attached hydrogen (secondary N) is 1. The third kappa shape index (κ3) is 5.93. The number of esters is 1. The van der Waals surface area contributed by atoms with E-state index in [2.05, 4.69) is 39.8 Å². The molecular weight excluding hydrogens is 338 g/mol. The van der Waals surface area contributed by atoms with Crippen molar-refractivity contribution in [3.63, 3.8) is 0 Å². The predicted molar refractivity (Wildman–Crippen MR) is 84.8 cm³/mol. The lowest BCUT2D eigenvalue weighted by molar-refractivity contribution is -0.142. The molecule has 21 heavy (non-hydrogen) atoms. The molecule has 1 aromatic carbocycles. The summed E-state index contributed by atoms with van der Waals surface area (Å²) >= 11 is 3.46. The molecule has 0 amide bonds. The second kappa shape index (κ2) is 8.89. The maximum absolute atomic E-state index is 11.2. The van der Waals surface area contributed by atoms with Crippen LogP contribution in [0.5, 0.6) is 11.5 Å². The third-order valence-electron chi connectivity index (χ3n) is 2.65. The van der Waals surface area contributed by atoms with Crippen LogP contribution in [-0.4, -0.2) is 32.3 Å². The molecule has 0 aromatic heterocycles. The van der Waals surface area contributed by atoms with E-state index in [0.29, 0.717) is 24.1 Å². The van der Waals surface area contributed by atoms with E-state index in [1.54, 1.807) is 0 Å². The average Bonchev–Trinajstić information content (AvgIpc) is 2.44. The third-order valence-corrected chi connectivity index (χ3v) is 3.23. The highest BCUT2D eigenvalue weighted by atomic mass is 79.9. The van der Waals surface area contributed by atoms with Crippen molar-refractivity contribution in [3.05, 3.63) is 22.2 Å². The Bertz CT molecular complexity index is 477. The highest BCUT2D eigenvalue weighted by molar-refractivity contribution is 9.10. The second-order valence-electron chi connectivity index (χ2n) is 4.74. The molecule has 0 unspecified atom stereocenters. The van der Waals surface area contributed by atoms with Crippen LogP contribution < -0.4 is 14.8 Å². The predicted octanol–water partition coefficient (Wildman–Crippen LogP) is 2.90. The molecule has 0 spiro atoms. The van der Waals surface area contributed by atoms with E-state index >= 15 is 0 Å². The maximum Gasteiger partial charge on any atom is 0.343 e. The van der Waals surface area contributed by atoms with Gasteiger partial charge in [-0.15, -0.1) is 0 Å². The van der Waals surface area contributed by atoms with Crippen LogP contribution >= 0.6 is 15.9 Å². The maximum atomic E-state index is 11.2. The van der Waals surface area contributed by atoms with Gasteiger partial charge in [0, 0.05) is 12.6 Å². The Morgan fingerprint density at radius 2 is 2.05 bits per heavy atom. The van der Waals surface area contributed by atoms with Crippen molar-refractivity contribution in [1.82, 2.24) is 5.32 Å². The fraction of sp³-hybridized carbons (Fsp3) is 0.533. The molecule has 0 heterocycles. The summed E-state index contributed by atoms with van der Waals surface area (Å²) in [4.78, 5) is 11.2. The number of hydrogen-bond acceptors (Lipinski definition) is 5. The topological polar surface area (TPSA) is 56.8 Å². The van der Waals surface area contributed by atoms with Gasteiger partial charge in [0.2, 0.25) is 0 Å². The number of benzene rings is 1. The first-order valence-corrected chi connectivity index (χ1v) is 7.65. The zero-order chi connectivity index (χ0) is 15.8. The van der Waals surface area contributed by atoms with Crippen LogP contribution in [0.2, 0.25) is 0 Å². The molecule has 6 heteroatoms. The molecule has 5 nitrogen and oxygen atoms in total. The van der Waals surface area contributed by atoms with Crippen LogP contribution in [0.25, 0.3) is 0 Å². The van der Waals surface area contributed by atoms with Gasteiger partial charge in [-0.1, -0.05) is 13.8 Å². The van der Waals surface area contributed by atoms with E-state index in [9.17, 15) is 4.79 Å². The summed E-state index contributed by atoms with van der Waals surface area (Å²) in [7, 11) is 1.32. The van der Waals surface area contributed by atoms with E-state index in [1.165, 1.54) is 7.11 Å². The van der Waals surface area contributed by atoms with Crippen molar-refractivity contribution < 1.29 is 19.0 Å². The summed E-state index contributed by atoms with van der Waals surface area (Å²) in [5.74, 6) is 0.682. The van der Waals surface area contributed by atoms with Gasteiger partial charge in [0.05, 0.1) is 18.2 Å². The van der Waals surface area contributed by atoms with E-state index < -0.39 is 5.97 Å². The van der Waals surface area contributed by atoms with Crippen molar-refractivity contribution in [2.45, 2.75) is 33.4 Å². The molecule has 1 rings (SSSR count). The van der Waals surface area contributed by atoms with E-state index in [1.807, 2.05) is 19.1 Å². The SMILES string of the molecule is CCOc1cc(CNC(C)C)cc(Br)c1OCC(=O)OC. The molecule has 0 saturated heterocycles. The number of hydrogen-bond donors (Lipinski definition) is 1. The standard InChI is InChI=1S/C15H22BrNO4/c1-5-20-13-7-11(8-17-10(2)3)6-12(16)15(13)21-9-14(18)19-4/h6-7,10,17H,5,8-9H2,1-4H3. The van der Waals surface area contributed by atoms with Crippen molar-refractivity contribution in [2.24, 2.45) is 0 Å². The molecule has 1 N–H and O–H groups in total. The molecule has 0 radical (unpaired) electrons. The first-order chi connectivity index (χ1) is 9.97. The first-order valence-electron chi connectivity index (χ1n) is 6.86. The molecule has 0 aliphatic heterocycles. The van der Waals surface area contributed by atoms with Crippen molar-refractivity contribution in [2.75, 3.05) is 20.3 Å². The molecule has 1 aromatic rings. The normalized spacial score (nSPS) is 10.6. The summed E-state index contributed by atoms with van der Waals surface area (Å²) in [5.41, 5.74) is 1.07. The minimum Gasteiger partial charge on any atom is -0.490 e. The Kier molecular flexibility index (Phi) is 7.53. The van der Waals surface area contributed by atoms with Crippen LogP contribution in [0, 0.1) is 0 Å². The Morgan fingerprint density at radius 3 is 2.62 bits per heavy atom. The number of carbonyl (C=O) groups is 1. The molecule has 0 atom stereocenters. The molecule has 118 valence electrons. The van der Waals surface area contributed by atoms with Gasteiger partial charge in [0.15, 0.2) is 18.1 Å². The van der Waals surface area contributed by atoms with Crippen molar-refractivity contribution >= 4 is 21.9 Å². The lowest BCUT2D eigenvalue weighted by atomic mass is 10.2. The van der Waals surface area contributed by atoms with Crippen LogP contribution in [0.4, 0.5) is 0 Å². The molecule has 0 aliphatic rings. The fourth-order valence-corrected chi connectivity index (χ4v) is 2.24. The number of ether oxygens (including phenoxy) is 3. The van der Waals surface area contributed by atoms with Crippen LogP contribution in [0.15, 0.2) is 16.6 Å². The largest absolute Gasteiger partial charge is 0.490 e. The zero-order valence-corrected chi connectivity index (χ0v) is 14.5. The number of methoxy groups -OCH3 is 1. The van der Waals surface area contributed by atoms with Crippen molar-refractivity contribution in [3.8, 4) is 11.5 Å². The van der Waals surface area contributed by atoms with Crippen LogP contribution in [-0.2, 0) is 16.1 Å². The minimum atomic E-state index is -0.435. The average molecular weight is 360 g/mol. The van der Waals surface area contributed by atoms with Gasteiger partial charge >= 0.3 is 5.97 Å². The molecule has 0 fully saturated rings. The van der Waals surface area contributed by atoms with Crippen molar-refractivity contribution in [1.29, 1.82) is 0 Å². The van der Waals surface area contributed by atoms with Crippen LogP contribution in [0.3, 0.4) is 0 Å². The summed E-state index contributed by atoms with van der Waals surface area (Å²) in [6, 6.07) is 4.26. The van der Waals surface area contributed by atoms with E-state index in [4.69, 9.17) is 9.47 Å². The van der Waals surface area contributed by atoms with E-state index in [0.717, 1.165) is 16.6 Å². The summed E-state index contributed by atoms with van der Waals surface area (Å²) in [5, 5.41) is 3.35. The van der Waals surface area contributed by atoms with Gasteiger partial charge < -0.3 is 19.5 Å². The number of rotatable bonds is 8. The first kappa shape index (κ1) is 17.8. The van der Waals surface area contributed by atoms with Gasteiger partial charge in [0.25, 0.3) is 0 Å². The Morgan fingerprint density at radius 1 is 1.33 bits per heavy atom. The molecule has 0 saturated carbocycles. The molecule has 0 bridgehead atoms. The lowest BCUT2D eigenvalue weighted by Crippen LogP contribution is -2.22. The number of carbonyl (C=O) groups excluding carboxylic acids is 1. The fourth-order valence-electron chi connectivity index (χ4n) is 1.64. The summed E-state index contributed by atoms with van der Waals surface area (Å²) in [6.07, 6.45) is 0. The smallest absolute Gasteiger partial charge is 0.343 e. The van der Waals surface area contributed by atoms with Crippen LogP contribution in [0.1, 0.15) is 26.3 Å². The Labute approximate surface area is 134 Å². The Balaban J connectivity index is 2.92. The summed E-state index contributed by atoms with van der Waals surface area (Å²) in [6.45, 7) is 7.17. The monoisotopic (exact) mass is 359 g/mol. The zero-order valence-electron chi connectivity index (χ0n) is 12.9. The van der Waals surface area contributed by atoms with Gasteiger partial charge in [-0.05, 0) is 40.5 Å². The molecular formula is C15H22BrNO4.